The zero-order chi connectivity index (χ0) is 25.1. The summed E-state index contributed by atoms with van der Waals surface area (Å²) in [6.07, 6.45) is 5.40. The van der Waals surface area contributed by atoms with Gasteiger partial charge in [-0.15, -0.1) is 0 Å². The van der Waals surface area contributed by atoms with Gasteiger partial charge < -0.3 is 5.73 Å². The third-order valence-corrected chi connectivity index (χ3v) is 5.06. The summed E-state index contributed by atoms with van der Waals surface area (Å²) in [5, 5.41) is 21.5. The summed E-state index contributed by atoms with van der Waals surface area (Å²) in [6, 6.07) is 4.18. The second-order valence-corrected chi connectivity index (χ2v) is 7.59. The number of hydrogen-bond acceptors (Lipinski definition) is 8. The van der Waals surface area contributed by atoms with Crippen molar-refractivity contribution in [2.45, 2.75) is 26.7 Å². The summed E-state index contributed by atoms with van der Waals surface area (Å²) in [7, 11) is 0. The quantitative estimate of drug-likeness (QED) is 0.229. The van der Waals surface area contributed by atoms with Crippen molar-refractivity contribution in [2.75, 3.05) is 5.73 Å². The van der Waals surface area contributed by atoms with Crippen LogP contribution in [0.3, 0.4) is 0 Å². The molecule has 176 valence electrons. The Kier molecular flexibility index (Phi) is 11.7. The molecule has 0 aliphatic rings. The van der Waals surface area contributed by atoms with E-state index >= 15 is 0 Å². The SMILES string of the molecule is CCc1ncc(N)cc1Cl.CCc1ncc([N+](=O)[O-])cc1Cl.O=[N+]([O-])c1cnc(Cl)c(Cl)c1. The Morgan fingerprint density at radius 3 is 1.58 bits per heavy atom. The Balaban J connectivity index is 0.000000249. The van der Waals surface area contributed by atoms with Gasteiger partial charge in [-0.3, -0.25) is 30.2 Å². The molecular weight excluding hydrogens is 518 g/mol. The third-order valence-electron chi connectivity index (χ3n) is 3.71. The summed E-state index contributed by atoms with van der Waals surface area (Å²) >= 11 is 22.4. The lowest BCUT2D eigenvalue weighted by Crippen LogP contribution is -1.93. The van der Waals surface area contributed by atoms with Gasteiger partial charge in [-0.2, -0.15) is 0 Å². The van der Waals surface area contributed by atoms with Gasteiger partial charge in [0.25, 0.3) is 11.4 Å². The van der Waals surface area contributed by atoms with Gasteiger partial charge in [0, 0.05) is 12.1 Å². The summed E-state index contributed by atoms with van der Waals surface area (Å²) in [6.45, 7) is 3.89. The van der Waals surface area contributed by atoms with Gasteiger partial charge in [-0.05, 0) is 18.9 Å². The van der Waals surface area contributed by atoms with Crippen molar-refractivity contribution in [3.8, 4) is 0 Å². The molecule has 3 aromatic heterocycles. The van der Waals surface area contributed by atoms with E-state index in [4.69, 9.17) is 52.1 Å². The van der Waals surface area contributed by atoms with Crippen molar-refractivity contribution >= 4 is 63.5 Å². The molecule has 10 nitrogen and oxygen atoms in total. The highest BCUT2D eigenvalue weighted by Crippen LogP contribution is 2.23. The molecule has 0 amide bonds. The minimum absolute atomic E-state index is 0.0669. The largest absolute Gasteiger partial charge is 0.397 e. The van der Waals surface area contributed by atoms with E-state index in [9.17, 15) is 20.2 Å². The molecule has 0 saturated carbocycles. The van der Waals surface area contributed by atoms with Crippen LogP contribution in [0.4, 0.5) is 17.1 Å². The second kappa shape index (κ2) is 13.7. The van der Waals surface area contributed by atoms with Gasteiger partial charge in [-0.1, -0.05) is 60.3 Å². The minimum Gasteiger partial charge on any atom is -0.397 e. The maximum Gasteiger partial charge on any atom is 0.289 e. The molecule has 33 heavy (non-hydrogen) atoms. The number of hydrogen-bond donors (Lipinski definition) is 1. The molecule has 2 N–H and O–H groups in total. The molecule has 14 heteroatoms. The highest BCUT2D eigenvalue weighted by molar-refractivity contribution is 6.41. The first kappa shape index (κ1) is 28.2. The molecule has 0 radical (unpaired) electrons. The molecule has 0 saturated heterocycles. The van der Waals surface area contributed by atoms with Crippen LogP contribution >= 0.6 is 46.4 Å². The summed E-state index contributed by atoms with van der Waals surface area (Å²) in [4.78, 5) is 30.7. The number of anilines is 1. The molecule has 0 atom stereocenters. The lowest BCUT2D eigenvalue weighted by molar-refractivity contribution is -0.385. The van der Waals surface area contributed by atoms with E-state index in [1.165, 1.54) is 12.3 Å². The number of pyridine rings is 3. The predicted octanol–water partition coefficient (Wildman–Crippen LogP) is 6.38. The molecule has 0 bridgehead atoms. The Hall–Kier alpha value is -2.79. The van der Waals surface area contributed by atoms with E-state index in [1.54, 1.807) is 12.3 Å². The van der Waals surface area contributed by atoms with Gasteiger partial charge in [0.2, 0.25) is 0 Å². The number of nitrogens with zero attached hydrogens (tertiary/aromatic N) is 5. The fraction of sp³-hybridized carbons (Fsp3) is 0.211. The van der Waals surface area contributed by atoms with Crippen molar-refractivity contribution in [3.05, 3.63) is 88.6 Å². The molecule has 3 aromatic rings. The van der Waals surface area contributed by atoms with Crippen LogP contribution in [-0.2, 0) is 12.8 Å². The lowest BCUT2D eigenvalue weighted by atomic mass is 10.3. The van der Waals surface area contributed by atoms with Crippen LogP contribution in [0.15, 0.2) is 36.8 Å². The Morgan fingerprint density at radius 1 is 0.758 bits per heavy atom. The van der Waals surface area contributed by atoms with Crippen molar-refractivity contribution in [1.29, 1.82) is 0 Å². The van der Waals surface area contributed by atoms with Crippen LogP contribution in [-0.4, -0.2) is 24.8 Å². The number of halogens is 4. The van der Waals surface area contributed by atoms with E-state index in [0.29, 0.717) is 27.8 Å². The zero-order valence-electron chi connectivity index (χ0n) is 17.3. The Bertz CT molecular complexity index is 1130. The normalized spacial score (nSPS) is 9.76. The first-order chi connectivity index (χ1) is 15.5. The van der Waals surface area contributed by atoms with Gasteiger partial charge >= 0.3 is 0 Å². The van der Waals surface area contributed by atoms with Crippen molar-refractivity contribution < 1.29 is 9.85 Å². The maximum absolute atomic E-state index is 10.3. The molecule has 0 aliphatic carbocycles. The fourth-order valence-electron chi connectivity index (χ4n) is 2.07. The first-order valence-corrected chi connectivity index (χ1v) is 10.6. The van der Waals surface area contributed by atoms with Crippen LogP contribution < -0.4 is 5.73 Å². The Labute approximate surface area is 209 Å². The molecule has 0 aromatic carbocycles. The second-order valence-electron chi connectivity index (χ2n) is 6.01. The van der Waals surface area contributed by atoms with E-state index in [-0.39, 0.29) is 21.6 Å². The number of aromatic nitrogens is 3. The lowest BCUT2D eigenvalue weighted by Gasteiger charge is -1.98. The van der Waals surface area contributed by atoms with Crippen LogP contribution in [0, 0.1) is 20.2 Å². The van der Waals surface area contributed by atoms with Crippen LogP contribution in [0.2, 0.25) is 20.2 Å². The molecule has 0 unspecified atom stereocenters. The molecule has 0 aliphatic heterocycles. The number of aryl methyl sites for hydroxylation is 2. The zero-order valence-corrected chi connectivity index (χ0v) is 20.4. The van der Waals surface area contributed by atoms with E-state index < -0.39 is 9.85 Å². The van der Waals surface area contributed by atoms with Gasteiger partial charge in [0.15, 0.2) is 0 Å². The average Bonchev–Trinajstić information content (AvgIpc) is 2.76. The van der Waals surface area contributed by atoms with Gasteiger partial charge in [-0.25, -0.2) is 4.98 Å². The molecule has 3 heterocycles. The summed E-state index contributed by atoms with van der Waals surface area (Å²) < 4.78 is 0. The predicted molar refractivity (Wildman–Crippen MR) is 129 cm³/mol. The number of rotatable bonds is 4. The highest BCUT2D eigenvalue weighted by Gasteiger charge is 2.09. The molecular formula is C19H18Cl4N6O4. The standard InChI is InChI=1S/C7H7ClN2O2.C7H9ClN2.C5H2Cl2N2O2/c1-2-7-6(8)3-5(4-9-7)10(11)12;1-2-7-6(8)3-5(9)4-10-7;6-4-1-3(9(10)11)2-8-5(4)7/h3-4H,2H2,1H3;3-4H,2,9H2,1H3;1-2H. The van der Waals surface area contributed by atoms with E-state index in [0.717, 1.165) is 24.4 Å². The van der Waals surface area contributed by atoms with Crippen LogP contribution in [0.25, 0.3) is 0 Å². The van der Waals surface area contributed by atoms with Crippen LogP contribution in [0.1, 0.15) is 25.2 Å². The van der Waals surface area contributed by atoms with Gasteiger partial charge in [0.1, 0.15) is 17.5 Å². The minimum atomic E-state index is -0.588. The van der Waals surface area contributed by atoms with Gasteiger partial charge in [0.05, 0.1) is 48.2 Å². The monoisotopic (exact) mass is 534 g/mol. The van der Waals surface area contributed by atoms with Crippen molar-refractivity contribution in [1.82, 2.24) is 15.0 Å². The molecule has 0 fully saturated rings. The molecule has 0 spiro atoms. The van der Waals surface area contributed by atoms with E-state index in [1.807, 2.05) is 13.8 Å². The maximum atomic E-state index is 10.3. The molecule has 3 rings (SSSR count). The average molecular weight is 536 g/mol. The third kappa shape index (κ3) is 9.30. The van der Waals surface area contributed by atoms with Crippen LogP contribution in [0.5, 0.6) is 0 Å². The highest BCUT2D eigenvalue weighted by atomic mass is 35.5. The summed E-state index contributed by atoms with van der Waals surface area (Å²) in [5.41, 5.74) is 7.39. The first-order valence-electron chi connectivity index (χ1n) is 9.14. The number of nitrogens with two attached hydrogens (primary N) is 1. The van der Waals surface area contributed by atoms with E-state index in [2.05, 4.69) is 15.0 Å². The van der Waals surface area contributed by atoms with Crippen molar-refractivity contribution in [3.63, 3.8) is 0 Å². The number of nitro groups is 2. The topological polar surface area (TPSA) is 151 Å². The summed E-state index contributed by atoms with van der Waals surface area (Å²) in [5.74, 6) is 0. The fourth-order valence-corrected chi connectivity index (χ4v) is 2.93. The smallest absolute Gasteiger partial charge is 0.289 e. The van der Waals surface area contributed by atoms with Crippen molar-refractivity contribution in [2.24, 2.45) is 0 Å². The Morgan fingerprint density at radius 2 is 1.18 bits per heavy atom. The number of nitrogen functional groups attached to an aromatic ring is 1.